The monoisotopic (exact) mass is 614 g/mol. The van der Waals surface area contributed by atoms with Crippen LogP contribution in [-0.2, 0) is 19.5 Å². The van der Waals surface area contributed by atoms with Crippen LogP contribution in [0.2, 0.25) is 0 Å². The Balaban J connectivity index is 0.000000604. The molecule has 4 aromatic rings. The van der Waals surface area contributed by atoms with E-state index in [1.165, 1.54) is 58.9 Å². The van der Waals surface area contributed by atoms with Gasteiger partial charge in [-0.1, -0.05) is 48.7 Å². The smallest absolute Gasteiger partial charge is 0.753 e. The Bertz CT molecular complexity index is 1260. The molecule has 0 unspecified atom stereocenters. The number of pyridine rings is 2. The number of isothiocyanates is 2. The van der Waals surface area contributed by atoms with Crippen LogP contribution < -0.4 is 0 Å². The summed E-state index contributed by atoms with van der Waals surface area (Å²) >= 11 is 7.40. The zero-order valence-corrected chi connectivity index (χ0v) is 24.8. The Hall–Kier alpha value is -3.84. The molecule has 0 aliphatic rings. The van der Waals surface area contributed by atoms with Gasteiger partial charge in [0.25, 0.3) is 0 Å². The van der Waals surface area contributed by atoms with E-state index in [1.807, 2.05) is 0 Å². The van der Waals surface area contributed by atoms with Crippen molar-refractivity contribution in [1.82, 2.24) is 9.97 Å². The first-order chi connectivity index (χ1) is 18.4. The molecule has 0 saturated heterocycles. The van der Waals surface area contributed by atoms with Crippen LogP contribution in [0.5, 0.6) is 0 Å². The molecule has 0 radical (unpaired) electrons. The summed E-state index contributed by atoms with van der Waals surface area (Å²) in [5, 5.41) is 16.9. The first-order valence-electron chi connectivity index (χ1n) is 10.4. The van der Waals surface area contributed by atoms with Gasteiger partial charge in [0.05, 0.1) is 0 Å². The first-order valence-corrected chi connectivity index (χ1v) is 11.3. The molecule has 2 aromatic carbocycles. The van der Waals surface area contributed by atoms with Crippen LogP contribution in [0.25, 0.3) is 35.1 Å². The summed E-state index contributed by atoms with van der Waals surface area (Å²) in [5.74, 6) is -2.26. The number of nitrogens with zero attached hydrogens (tertiary/aromatic N) is 4. The fourth-order valence-electron chi connectivity index (χ4n) is 2.65. The molecule has 4 nitrogen and oxygen atoms in total. The van der Waals surface area contributed by atoms with Crippen molar-refractivity contribution in [3.63, 3.8) is 0 Å². The van der Waals surface area contributed by atoms with Gasteiger partial charge in [-0.2, -0.15) is 10.3 Å². The quantitative estimate of drug-likeness (QED) is 0.100. The van der Waals surface area contributed by atoms with Gasteiger partial charge in [-0.3, -0.25) is 9.97 Å². The Morgan fingerprint density at radius 3 is 1.05 bits per heavy atom. The topological polar surface area (TPSA) is 70.4 Å². The zero-order chi connectivity index (χ0) is 28.2. The van der Waals surface area contributed by atoms with Gasteiger partial charge in [0, 0.05) is 35.9 Å². The number of halogens is 4. The molecular weight excluding hydrogens is 598 g/mol. The molecule has 0 bridgehead atoms. The molecule has 0 atom stereocenters. The molecule has 0 N–H and O–H groups in total. The SMILES string of the molecule is Fc1cccc(F)c1/C=C/c1ccncc1.Fc1cccc(F)c1/C=C/c1ccncc1.[N-]=C=S.[N-]=C=S.[Zn+2]. The Labute approximate surface area is 247 Å². The summed E-state index contributed by atoms with van der Waals surface area (Å²) in [6, 6.07) is 14.6. The van der Waals surface area contributed by atoms with Crippen LogP contribution in [0, 0.1) is 23.3 Å². The Kier molecular flexibility index (Phi) is 19.1. The van der Waals surface area contributed by atoms with Crippen LogP contribution in [0.3, 0.4) is 0 Å². The van der Waals surface area contributed by atoms with Crippen molar-refractivity contribution in [3.8, 4) is 0 Å². The van der Waals surface area contributed by atoms with Crippen molar-refractivity contribution < 1.29 is 37.0 Å². The first kappa shape index (κ1) is 35.2. The minimum absolute atomic E-state index is 0. The second kappa shape index (κ2) is 21.1. The largest absolute Gasteiger partial charge is 2.00 e. The number of hydrogen-bond donors (Lipinski definition) is 0. The van der Waals surface area contributed by atoms with Gasteiger partial charge in [0.15, 0.2) is 0 Å². The van der Waals surface area contributed by atoms with Gasteiger partial charge in [0.2, 0.25) is 0 Å². The molecule has 0 aliphatic carbocycles. The summed E-state index contributed by atoms with van der Waals surface area (Å²) < 4.78 is 53.0. The molecule has 2 heterocycles. The molecule has 39 heavy (non-hydrogen) atoms. The molecular formula is C28H18F4N4S2Zn. The molecule has 0 spiro atoms. The predicted molar refractivity (Wildman–Crippen MR) is 151 cm³/mol. The summed E-state index contributed by atoms with van der Waals surface area (Å²) in [7, 11) is 0. The van der Waals surface area contributed by atoms with Crippen LogP contribution in [0.1, 0.15) is 22.3 Å². The van der Waals surface area contributed by atoms with Crippen molar-refractivity contribution in [2.75, 3.05) is 0 Å². The average Bonchev–Trinajstić information content (AvgIpc) is 2.91. The maximum atomic E-state index is 13.2. The van der Waals surface area contributed by atoms with Gasteiger partial charge < -0.3 is 10.8 Å². The van der Waals surface area contributed by atoms with Gasteiger partial charge in [-0.05, 0) is 71.8 Å². The average molecular weight is 616 g/mol. The van der Waals surface area contributed by atoms with E-state index in [4.69, 9.17) is 10.8 Å². The zero-order valence-electron chi connectivity index (χ0n) is 20.2. The normalized spacial score (nSPS) is 9.33. The molecule has 0 saturated carbocycles. The Morgan fingerprint density at radius 1 is 0.538 bits per heavy atom. The summed E-state index contributed by atoms with van der Waals surface area (Å²) in [6.45, 7) is 0. The van der Waals surface area contributed by atoms with Crippen molar-refractivity contribution in [2.24, 2.45) is 0 Å². The minimum atomic E-state index is -0.565. The van der Waals surface area contributed by atoms with E-state index in [2.05, 4.69) is 34.4 Å². The van der Waals surface area contributed by atoms with E-state index in [1.54, 1.807) is 61.2 Å². The molecule has 0 amide bonds. The fourth-order valence-corrected chi connectivity index (χ4v) is 2.65. The number of rotatable bonds is 4. The number of hydrogen-bond acceptors (Lipinski definition) is 4. The van der Waals surface area contributed by atoms with Crippen molar-refractivity contribution >= 4 is 59.1 Å². The molecule has 0 aliphatic heterocycles. The number of aromatic nitrogens is 2. The fraction of sp³-hybridized carbons (Fsp3) is 0. The number of thiocarbonyl (C=S) groups is 2. The van der Waals surface area contributed by atoms with Crippen molar-refractivity contribution in [3.05, 3.63) is 142 Å². The van der Waals surface area contributed by atoms with Gasteiger partial charge >= 0.3 is 19.5 Å². The van der Waals surface area contributed by atoms with Crippen molar-refractivity contribution in [1.29, 1.82) is 0 Å². The maximum Gasteiger partial charge on any atom is 2.00 e. The van der Waals surface area contributed by atoms with Gasteiger partial charge in [-0.25, -0.2) is 17.6 Å². The third kappa shape index (κ3) is 14.0. The second-order valence-corrected chi connectivity index (χ2v) is 7.05. The molecule has 11 heteroatoms. The van der Waals surface area contributed by atoms with E-state index < -0.39 is 23.3 Å². The van der Waals surface area contributed by atoms with E-state index in [-0.39, 0.29) is 30.6 Å². The maximum absolute atomic E-state index is 13.2. The summed E-state index contributed by atoms with van der Waals surface area (Å²) in [4.78, 5) is 7.71. The van der Waals surface area contributed by atoms with E-state index in [9.17, 15) is 17.6 Å². The molecule has 2 aromatic heterocycles. The second-order valence-electron chi connectivity index (χ2n) is 6.68. The number of benzene rings is 2. The molecule has 192 valence electrons. The van der Waals surface area contributed by atoms with Crippen LogP contribution in [0.15, 0.2) is 85.5 Å². The van der Waals surface area contributed by atoms with E-state index >= 15 is 0 Å². The predicted octanol–water partition coefficient (Wildman–Crippen LogP) is 8.38. The standard InChI is InChI=1S/2C13H9F2N.2CNS.Zn/c2*14-12-2-1-3-13(15)11(12)5-4-10-6-8-16-9-7-10;2*2-1-3;/h2*1-9H;;;/q;;2*-1;+2/b2*5-4+;;;. The van der Waals surface area contributed by atoms with Crippen LogP contribution in [-0.4, -0.2) is 20.3 Å². The summed E-state index contributed by atoms with van der Waals surface area (Å²) in [6.07, 6.45) is 12.6. The van der Waals surface area contributed by atoms with E-state index in [0.29, 0.717) is 0 Å². The van der Waals surface area contributed by atoms with E-state index in [0.717, 1.165) is 11.1 Å². The Morgan fingerprint density at radius 2 is 0.795 bits per heavy atom. The minimum Gasteiger partial charge on any atom is -0.753 e. The third-order valence-electron chi connectivity index (χ3n) is 4.30. The molecule has 4 rings (SSSR count). The van der Waals surface area contributed by atoms with Crippen LogP contribution >= 0.6 is 24.4 Å². The van der Waals surface area contributed by atoms with Gasteiger partial charge in [-0.15, -0.1) is 0 Å². The van der Waals surface area contributed by atoms with Crippen molar-refractivity contribution in [2.45, 2.75) is 0 Å². The molecule has 0 fully saturated rings. The summed E-state index contributed by atoms with van der Waals surface area (Å²) in [5.41, 5.74) is 1.63. The van der Waals surface area contributed by atoms with Gasteiger partial charge in [0.1, 0.15) is 23.3 Å². The van der Waals surface area contributed by atoms with Crippen LogP contribution in [0.4, 0.5) is 17.6 Å². The third-order valence-corrected chi connectivity index (χ3v) is 4.30.